The lowest BCUT2D eigenvalue weighted by atomic mass is 9.98. The Morgan fingerprint density at radius 2 is 2.53 bits per heavy atom. The number of nitrogens with two attached hydrogens (primary N) is 1. The summed E-state index contributed by atoms with van der Waals surface area (Å²) in [6, 6.07) is 2.82. The molecule has 1 aromatic rings. The first kappa shape index (κ1) is 12.5. The minimum atomic E-state index is -0.0965. The number of fused-ring (bicyclic) bond motifs is 1. The first-order chi connectivity index (χ1) is 8.13. The topological polar surface area (TPSA) is 58.4 Å². The van der Waals surface area contributed by atoms with Gasteiger partial charge < -0.3 is 0 Å². The molecule has 1 aromatic heterocycles. The Labute approximate surface area is 106 Å². The molecular weight excluding hydrogens is 234 g/mol. The van der Waals surface area contributed by atoms with Gasteiger partial charge in [-0.05, 0) is 37.3 Å². The number of hydrazine groups is 1. The average Bonchev–Trinajstić information content (AvgIpc) is 2.78. The molecule has 0 spiro atoms. The second kappa shape index (κ2) is 5.16. The van der Waals surface area contributed by atoms with Crippen molar-refractivity contribution in [1.29, 1.82) is 0 Å². The maximum absolute atomic E-state index is 11.3. The fourth-order valence-electron chi connectivity index (χ4n) is 2.58. The first-order valence-corrected chi connectivity index (χ1v) is 6.83. The van der Waals surface area contributed by atoms with Crippen LogP contribution in [0.15, 0.2) is 11.4 Å². The Morgan fingerprint density at radius 3 is 3.24 bits per heavy atom. The highest BCUT2D eigenvalue weighted by molar-refractivity contribution is 7.10. The van der Waals surface area contributed by atoms with Crippen molar-refractivity contribution in [3.05, 3.63) is 21.9 Å². The van der Waals surface area contributed by atoms with E-state index in [1.807, 2.05) is 11.3 Å². The standard InChI is InChI=1S/C12H19N3OS/c1-8(7-12(16)14-13)15-5-3-11-10(9(15)2)4-6-17-11/h4,6,8-9H,3,5,7,13H2,1-2H3,(H,14,16). The lowest BCUT2D eigenvalue weighted by Gasteiger charge is -2.37. The number of carbonyl (C=O) groups excluding carboxylic acids is 1. The van der Waals surface area contributed by atoms with Crippen LogP contribution in [0.1, 0.15) is 36.8 Å². The molecule has 3 N–H and O–H groups in total. The molecule has 2 heterocycles. The Balaban J connectivity index is 2.06. The van der Waals surface area contributed by atoms with Crippen LogP contribution in [-0.2, 0) is 11.2 Å². The molecule has 0 radical (unpaired) electrons. The van der Waals surface area contributed by atoms with Crippen molar-refractivity contribution in [1.82, 2.24) is 10.3 Å². The molecule has 0 bridgehead atoms. The normalized spacial score (nSPS) is 21.9. The summed E-state index contributed by atoms with van der Waals surface area (Å²) in [5, 5.41) is 2.15. The molecule has 0 saturated carbocycles. The van der Waals surface area contributed by atoms with Crippen LogP contribution in [0.4, 0.5) is 0 Å². The third kappa shape index (κ3) is 2.51. The van der Waals surface area contributed by atoms with Crippen LogP contribution in [0.3, 0.4) is 0 Å². The maximum Gasteiger partial charge on any atom is 0.235 e. The van der Waals surface area contributed by atoms with Crippen LogP contribution < -0.4 is 11.3 Å². The molecule has 0 aliphatic carbocycles. The van der Waals surface area contributed by atoms with Crippen LogP contribution in [0.5, 0.6) is 0 Å². The number of nitrogens with zero attached hydrogens (tertiary/aromatic N) is 1. The Hall–Kier alpha value is -0.910. The predicted octanol–water partition coefficient (Wildman–Crippen LogP) is 1.44. The van der Waals surface area contributed by atoms with Crippen molar-refractivity contribution in [2.45, 2.75) is 38.8 Å². The van der Waals surface area contributed by atoms with Crippen molar-refractivity contribution < 1.29 is 4.79 Å². The van der Waals surface area contributed by atoms with E-state index in [4.69, 9.17) is 5.84 Å². The molecule has 0 aromatic carbocycles. The minimum Gasteiger partial charge on any atom is -0.294 e. The summed E-state index contributed by atoms with van der Waals surface area (Å²) in [5.41, 5.74) is 3.62. The van der Waals surface area contributed by atoms with Crippen LogP contribution in [0.25, 0.3) is 0 Å². The van der Waals surface area contributed by atoms with Crippen LogP contribution >= 0.6 is 11.3 Å². The van der Waals surface area contributed by atoms with Crippen LogP contribution in [0.2, 0.25) is 0 Å². The summed E-state index contributed by atoms with van der Waals surface area (Å²) in [6.45, 7) is 5.32. The lowest BCUT2D eigenvalue weighted by Crippen LogP contribution is -2.43. The summed E-state index contributed by atoms with van der Waals surface area (Å²) in [6.07, 6.45) is 1.55. The molecule has 1 aliphatic heterocycles. The summed E-state index contributed by atoms with van der Waals surface area (Å²) >= 11 is 1.84. The number of thiophene rings is 1. The maximum atomic E-state index is 11.3. The van der Waals surface area contributed by atoms with Gasteiger partial charge in [-0.1, -0.05) is 0 Å². The fraction of sp³-hybridized carbons (Fsp3) is 0.583. The Kier molecular flexibility index (Phi) is 3.81. The largest absolute Gasteiger partial charge is 0.294 e. The second-order valence-corrected chi connectivity index (χ2v) is 5.58. The zero-order valence-corrected chi connectivity index (χ0v) is 11.1. The van der Waals surface area contributed by atoms with E-state index in [0.717, 1.165) is 13.0 Å². The molecule has 2 atom stereocenters. The van der Waals surface area contributed by atoms with E-state index in [2.05, 4.69) is 35.6 Å². The highest BCUT2D eigenvalue weighted by Crippen LogP contribution is 2.34. The van der Waals surface area contributed by atoms with E-state index >= 15 is 0 Å². The molecule has 0 saturated heterocycles. The molecule has 5 heteroatoms. The quantitative estimate of drug-likeness (QED) is 0.487. The zero-order valence-electron chi connectivity index (χ0n) is 10.3. The van der Waals surface area contributed by atoms with E-state index in [0.29, 0.717) is 12.5 Å². The number of amides is 1. The SMILES string of the molecule is CC(CC(=O)NN)N1CCc2sccc2C1C. The van der Waals surface area contributed by atoms with E-state index < -0.39 is 0 Å². The third-order valence-electron chi connectivity index (χ3n) is 3.53. The van der Waals surface area contributed by atoms with Gasteiger partial charge in [-0.15, -0.1) is 11.3 Å². The Morgan fingerprint density at radius 1 is 1.76 bits per heavy atom. The van der Waals surface area contributed by atoms with Crippen molar-refractivity contribution in [2.24, 2.45) is 5.84 Å². The van der Waals surface area contributed by atoms with Gasteiger partial charge in [-0.25, -0.2) is 5.84 Å². The number of nitrogens with one attached hydrogen (secondary N) is 1. The van der Waals surface area contributed by atoms with E-state index in [1.165, 1.54) is 10.4 Å². The number of rotatable bonds is 3. The van der Waals surface area contributed by atoms with E-state index in [9.17, 15) is 4.79 Å². The Bertz CT molecular complexity index is 404. The van der Waals surface area contributed by atoms with Gasteiger partial charge in [0, 0.05) is 29.9 Å². The molecule has 1 amide bonds. The van der Waals surface area contributed by atoms with Gasteiger partial charge in [0.25, 0.3) is 0 Å². The molecular formula is C12H19N3OS. The van der Waals surface area contributed by atoms with E-state index in [-0.39, 0.29) is 11.9 Å². The van der Waals surface area contributed by atoms with Crippen molar-refractivity contribution in [2.75, 3.05) is 6.54 Å². The van der Waals surface area contributed by atoms with Crippen molar-refractivity contribution in [3.8, 4) is 0 Å². The summed E-state index contributed by atoms with van der Waals surface area (Å²) < 4.78 is 0. The molecule has 2 rings (SSSR count). The average molecular weight is 253 g/mol. The fourth-order valence-corrected chi connectivity index (χ4v) is 3.54. The van der Waals surface area contributed by atoms with Gasteiger partial charge in [-0.2, -0.15) is 0 Å². The molecule has 2 unspecified atom stereocenters. The van der Waals surface area contributed by atoms with Gasteiger partial charge >= 0.3 is 0 Å². The number of hydrogen-bond donors (Lipinski definition) is 2. The van der Waals surface area contributed by atoms with Gasteiger partial charge in [0.05, 0.1) is 0 Å². The predicted molar refractivity (Wildman–Crippen MR) is 69.6 cm³/mol. The van der Waals surface area contributed by atoms with Crippen molar-refractivity contribution in [3.63, 3.8) is 0 Å². The van der Waals surface area contributed by atoms with Crippen LogP contribution in [0, 0.1) is 0 Å². The zero-order chi connectivity index (χ0) is 12.4. The second-order valence-electron chi connectivity index (χ2n) is 4.58. The third-order valence-corrected chi connectivity index (χ3v) is 4.53. The minimum absolute atomic E-state index is 0.0965. The van der Waals surface area contributed by atoms with Gasteiger partial charge in [0.2, 0.25) is 5.91 Å². The van der Waals surface area contributed by atoms with Gasteiger partial charge in [-0.3, -0.25) is 15.1 Å². The summed E-state index contributed by atoms with van der Waals surface area (Å²) in [5.74, 6) is 5.03. The monoisotopic (exact) mass is 253 g/mol. The number of carbonyl (C=O) groups is 1. The highest BCUT2D eigenvalue weighted by atomic mass is 32.1. The first-order valence-electron chi connectivity index (χ1n) is 5.95. The molecule has 1 aliphatic rings. The highest BCUT2D eigenvalue weighted by Gasteiger charge is 2.28. The van der Waals surface area contributed by atoms with E-state index in [1.54, 1.807) is 0 Å². The summed E-state index contributed by atoms with van der Waals surface area (Å²) in [4.78, 5) is 15.2. The molecule has 4 nitrogen and oxygen atoms in total. The summed E-state index contributed by atoms with van der Waals surface area (Å²) in [7, 11) is 0. The van der Waals surface area contributed by atoms with Gasteiger partial charge in [0.1, 0.15) is 0 Å². The molecule has 94 valence electrons. The molecule has 0 fully saturated rings. The van der Waals surface area contributed by atoms with Crippen LogP contribution in [-0.4, -0.2) is 23.4 Å². The molecule has 17 heavy (non-hydrogen) atoms. The van der Waals surface area contributed by atoms with Gasteiger partial charge in [0.15, 0.2) is 0 Å². The lowest BCUT2D eigenvalue weighted by molar-refractivity contribution is -0.122. The number of hydrogen-bond acceptors (Lipinski definition) is 4. The van der Waals surface area contributed by atoms with Crippen molar-refractivity contribution >= 4 is 17.2 Å². The smallest absolute Gasteiger partial charge is 0.235 e.